The van der Waals surface area contributed by atoms with E-state index in [0.717, 1.165) is 22.3 Å². The lowest BCUT2D eigenvalue weighted by Crippen LogP contribution is -2.41. The SMILES string of the molecule is CC(C)=C1C(=C(C)C)C2C=CC1C(=O)C2=O. The van der Waals surface area contributed by atoms with E-state index in [0.29, 0.717) is 0 Å². The first-order chi connectivity index (χ1) is 7.45. The molecule has 2 atom stereocenters. The second-order valence-corrected chi connectivity index (χ2v) is 4.90. The molecule has 3 rings (SSSR count). The monoisotopic (exact) mass is 216 g/mol. The Morgan fingerprint density at radius 2 is 1.12 bits per heavy atom. The highest BCUT2D eigenvalue weighted by atomic mass is 16.2. The van der Waals surface area contributed by atoms with Crippen LogP contribution in [0.5, 0.6) is 0 Å². The van der Waals surface area contributed by atoms with Crippen molar-refractivity contribution in [3.8, 4) is 0 Å². The molecule has 2 heteroatoms. The second-order valence-electron chi connectivity index (χ2n) is 4.90. The molecular weight excluding hydrogens is 200 g/mol. The van der Waals surface area contributed by atoms with Crippen LogP contribution >= 0.6 is 0 Å². The summed E-state index contributed by atoms with van der Waals surface area (Å²) in [6, 6.07) is 0. The van der Waals surface area contributed by atoms with Crippen LogP contribution in [0.1, 0.15) is 27.7 Å². The van der Waals surface area contributed by atoms with Crippen LogP contribution in [0.25, 0.3) is 0 Å². The zero-order valence-electron chi connectivity index (χ0n) is 10.1. The van der Waals surface area contributed by atoms with Gasteiger partial charge in [-0.25, -0.2) is 0 Å². The maximum atomic E-state index is 11.8. The number of carbonyl (C=O) groups is 2. The molecule has 3 aliphatic rings. The molecule has 0 aliphatic heterocycles. The molecule has 1 fully saturated rings. The predicted octanol–water partition coefficient (Wildman–Crippen LogP) is 2.61. The summed E-state index contributed by atoms with van der Waals surface area (Å²) < 4.78 is 0. The van der Waals surface area contributed by atoms with E-state index >= 15 is 0 Å². The quantitative estimate of drug-likeness (QED) is 0.461. The Morgan fingerprint density at radius 1 is 0.812 bits per heavy atom. The third-order valence-electron chi connectivity index (χ3n) is 3.29. The van der Waals surface area contributed by atoms with E-state index in [4.69, 9.17) is 0 Å². The predicted molar refractivity (Wildman–Crippen MR) is 62.9 cm³/mol. The lowest BCUT2D eigenvalue weighted by molar-refractivity contribution is -0.139. The number of ketones is 2. The van der Waals surface area contributed by atoms with Crippen molar-refractivity contribution in [1.29, 1.82) is 0 Å². The van der Waals surface area contributed by atoms with Crippen LogP contribution in [0.2, 0.25) is 0 Å². The van der Waals surface area contributed by atoms with Gasteiger partial charge >= 0.3 is 0 Å². The fraction of sp³-hybridized carbons (Fsp3) is 0.429. The van der Waals surface area contributed by atoms with Gasteiger partial charge in [0.25, 0.3) is 0 Å². The Bertz CT molecular complexity index is 423. The van der Waals surface area contributed by atoms with E-state index < -0.39 is 0 Å². The largest absolute Gasteiger partial charge is 0.290 e. The zero-order valence-corrected chi connectivity index (χ0v) is 10.1. The summed E-state index contributed by atoms with van der Waals surface area (Å²) >= 11 is 0. The van der Waals surface area contributed by atoms with Crippen molar-refractivity contribution in [3.05, 3.63) is 34.4 Å². The lowest BCUT2D eigenvalue weighted by Gasteiger charge is -2.35. The summed E-state index contributed by atoms with van der Waals surface area (Å²) in [5, 5.41) is 0. The molecule has 16 heavy (non-hydrogen) atoms. The lowest BCUT2D eigenvalue weighted by atomic mass is 9.65. The van der Waals surface area contributed by atoms with Gasteiger partial charge in [-0.1, -0.05) is 23.3 Å². The van der Waals surface area contributed by atoms with Crippen molar-refractivity contribution >= 4 is 11.6 Å². The first-order valence-corrected chi connectivity index (χ1v) is 5.56. The Hall–Kier alpha value is -1.44. The summed E-state index contributed by atoms with van der Waals surface area (Å²) in [6.07, 6.45) is 3.76. The molecule has 0 radical (unpaired) electrons. The van der Waals surface area contributed by atoms with Crippen LogP contribution in [0.3, 0.4) is 0 Å². The standard InChI is InChI=1S/C14H16O2/c1-7(2)11-9-5-6-10(12(11)8(3)4)14(16)13(9)15/h5-6,9-10H,1-4H3. The molecule has 2 unspecified atom stereocenters. The molecule has 2 nitrogen and oxygen atoms in total. The number of allylic oxidation sites excluding steroid dienone is 6. The molecule has 0 heterocycles. The van der Waals surface area contributed by atoms with Gasteiger partial charge in [-0.05, 0) is 38.8 Å². The number of Topliss-reactive ketones (excluding diaryl/α,β-unsaturated/α-hetero) is 2. The first-order valence-electron chi connectivity index (χ1n) is 5.56. The molecule has 1 saturated carbocycles. The molecule has 2 bridgehead atoms. The smallest absolute Gasteiger partial charge is 0.210 e. The minimum atomic E-state index is -0.326. The Kier molecular flexibility index (Phi) is 2.45. The third kappa shape index (κ3) is 1.33. The van der Waals surface area contributed by atoms with Gasteiger partial charge in [-0.3, -0.25) is 9.59 Å². The van der Waals surface area contributed by atoms with Crippen LogP contribution < -0.4 is 0 Å². The van der Waals surface area contributed by atoms with Crippen molar-refractivity contribution in [2.75, 3.05) is 0 Å². The normalized spacial score (nSPS) is 27.8. The highest BCUT2D eigenvalue weighted by molar-refractivity contribution is 6.43. The van der Waals surface area contributed by atoms with E-state index in [9.17, 15) is 9.59 Å². The van der Waals surface area contributed by atoms with Gasteiger partial charge < -0.3 is 0 Å². The van der Waals surface area contributed by atoms with E-state index in [1.165, 1.54) is 0 Å². The Labute approximate surface area is 95.7 Å². The zero-order chi connectivity index (χ0) is 12.0. The molecule has 0 aromatic rings. The van der Waals surface area contributed by atoms with Crippen molar-refractivity contribution in [2.24, 2.45) is 11.8 Å². The van der Waals surface area contributed by atoms with Crippen LogP contribution in [0.15, 0.2) is 34.4 Å². The molecule has 0 aromatic carbocycles. The third-order valence-corrected chi connectivity index (χ3v) is 3.29. The number of hydrogen-bond acceptors (Lipinski definition) is 2. The topological polar surface area (TPSA) is 34.1 Å². The fourth-order valence-corrected chi connectivity index (χ4v) is 2.65. The van der Waals surface area contributed by atoms with Crippen LogP contribution in [-0.2, 0) is 9.59 Å². The van der Waals surface area contributed by atoms with Gasteiger partial charge in [0, 0.05) is 0 Å². The van der Waals surface area contributed by atoms with Crippen molar-refractivity contribution < 1.29 is 9.59 Å². The number of rotatable bonds is 0. The fourth-order valence-electron chi connectivity index (χ4n) is 2.65. The van der Waals surface area contributed by atoms with E-state index in [1.54, 1.807) is 0 Å². The molecular formula is C14H16O2. The van der Waals surface area contributed by atoms with Crippen molar-refractivity contribution in [1.82, 2.24) is 0 Å². The molecule has 0 amide bonds. The van der Waals surface area contributed by atoms with Gasteiger partial charge in [-0.15, -0.1) is 0 Å². The maximum absolute atomic E-state index is 11.8. The van der Waals surface area contributed by atoms with Gasteiger partial charge in [0.2, 0.25) is 11.6 Å². The summed E-state index contributed by atoms with van der Waals surface area (Å²) in [4.78, 5) is 23.6. The number of carbonyl (C=O) groups excluding carboxylic acids is 2. The van der Waals surface area contributed by atoms with E-state index in [1.807, 2.05) is 39.8 Å². The van der Waals surface area contributed by atoms with Gasteiger partial charge in [0.1, 0.15) is 0 Å². The first kappa shape index (κ1) is 11.1. The minimum Gasteiger partial charge on any atom is -0.290 e. The molecule has 0 saturated heterocycles. The maximum Gasteiger partial charge on any atom is 0.210 e. The Morgan fingerprint density at radius 3 is 1.38 bits per heavy atom. The Balaban J connectivity index is 2.72. The summed E-state index contributed by atoms with van der Waals surface area (Å²) in [5.41, 5.74) is 4.40. The molecule has 3 aliphatic carbocycles. The molecule has 84 valence electrons. The molecule has 0 N–H and O–H groups in total. The highest BCUT2D eigenvalue weighted by Gasteiger charge is 2.44. The molecule has 0 spiro atoms. The number of fused-ring (bicyclic) bond motifs is 2. The minimum absolute atomic E-state index is 0.242. The van der Waals surface area contributed by atoms with Crippen LogP contribution in [-0.4, -0.2) is 11.6 Å². The van der Waals surface area contributed by atoms with Gasteiger partial charge in [0.15, 0.2) is 0 Å². The summed E-state index contributed by atoms with van der Waals surface area (Å²) in [7, 11) is 0. The number of hydrogen-bond donors (Lipinski definition) is 0. The molecule has 0 aromatic heterocycles. The van der Waals surface area contributed by atoms with Crippen molar-refractivity contribution in [3.63, 3.8) is 0 Å². The second kappa shape index (κ2) is 3.55. The highest BCUT2D eigenvalue weighted by Crippen LogP contribution is 2.43. The summed E-state index contributed by atoms with van der Waals surface area (Å²) in [5.74, 6) is -1.14. The van der Waals surface area contributed by atoms with E-state index in [2.05, 4.69) is 0 Å². The average Bonchev–Trinajstić information content (AvgIpc) is 2.23. The van der Waals surface area contributed by atoms with Gasteiger partial charge in [-0.2, -0.15) is 0 Å². The van der Waals surface area contributed by atoms with Gasteiger partial charge in [0.05, 0.1) is 11.8 Å². The van der Waals surface area contributed by atoms with Crippen LogP contribution in [0.4, 0.5) is 0 Å². The van der Waals surface area contributed by atoms with E-state index in [-0.39, 0.29) is 23.4 Å². The average molecular weight is 216 g/mol. The van der Waals surface area contributed by atoms with Crippen LogP contribution in [0, 0.1) is 11.8 Å². The summed E-state index contributed by atoms with van der Waals surface area (Å²) in [6.45, 7) is 8.02. The van der Waals surface area contributed by atoms with Crippen molar-refractivity contribution in [2.45, 2.75) is 27.7 Å².